The number of aromatic nitrogens is 4. The van der Waals surface area contributed by atoms with Gasteiger partial charge in [0, 0.05) is 13.1 Å². The van der Waals surface area contributed by atoms with Gasteiger partial charge in [-0.05, 0) is 59.8 Å². The highest BCUT2D eigenvalue weighted by molar-refractivity contribution is 5.87. The summed E-state index contributed by atoms with van der Waals surface area (Å²) >= 11 is 0. The van der Waals surface area contributed by atoms with Crippen molar-refractivity contribution < 1.29 is 36.9 Å². The number of ether oxygens (including phenoxy) is 2. The number of H-pyrrole nitrogens is 2. The first kappa shape index (κ1) is 30.8. The minimum absolute atomic E-state index is 0.321. The normalized spacial score (nSPS) is 20.3. The minimum atomic E-state index is -2.93. The largest absolute Gasteiger partial charge is 0.453 e. The Labute approximate surface area is 323 Å². The summed E-state index contributed by atoms with van der Waals surface area (Å²) in [4.78, 5) is 71.0. The maximum Gasteiger partial charge on any atom is 0.407 e. The molecule has 14 heteroatoms. The molecule has 0 unspecified atom stereocenters. The molecule has 0 spiro atoms. The standard InChI is InChI=1S/C40H50N8O6/c1-23(2)33(45-39(51)53-5)37(49)47-19-7-9-31(47)35-41-21-29(43-35)27-15-11-25(12-16-27)26-13-17-28(18-14-26)30-22-42-36(44-30)32-10-8-20-48(32)38(50)34(24(3)4)46-40(52)54-6/h11-18,21-24,31-34H,7-10,19-20H2,1-6H3,(H,41,43)(H,42,44)(H,45,51)(H,46,52)/t31-,32-,33-,34-/m0/s1/i5D3,6D3. The van der Waals surface area contributed by atoms with Crippen LogP contribution in [0, 0.1) is 11.8 Å². The first-order chi connectivity index (χ1) is 28.3. The summed E-state index contributed by atoms with van der Waals surface area (Å²) in [5.41, 5.74) is 5.32. The number of hydrogen-bond acceptors (Lipinski definition) is 8. The third kappa shape index (κ3) is 8.12. The van der Waals surface area contributed by atoms with Gasteiger partial charge in [-0.25, -0.2) is 19.6 Å². The van der Waals surface area contributed by atoms with Gasteiger partial charge >= 0.3 is 12.2 Å². The molecule has 4 N–H and O–H groups in total. The Hall–Kier alpha value is -5.66. The summed E-state index contributed by atoms with van der Waals surface area (Å²) in [5, 5.41) is 4.86. The monoisotopic (exact) mass is 744 g/mol. The number of carbonyl (C=O) groups is 4. The van der Waals surface area contributed by atoms with Crippen LogP contribution in [0.25, 0.3) is 33.6 Å². The number of benzene rings is 2. The summed E-state index contributed by atoms with van der Waals surface area (Å²) in [6, 6.07) is 13.3. The lowest BCUT2D eigenvalue weighted by Gasteiger charge is -2.30. The van der Waals surface area contributed by atoms with Gasteiger partial charge < -0.3 is 39.9 Å². The quantitative estimate of drug-likeness (QED) is 0.140. The molecule has 2 aromatic heterocycles. The molecule has 4 heterocycles. The van der Waals surface area contributed by atoms with Crippen LogP contribution in [0.4, 0.5) is 9.59 Å². The van der Waals surface area contributed by atoms with Gasteiger partial charge in [0.1, 0.15) is 23.7 Å². The highest BCUT2D eigenvalue weighted by atomic mass is 16.5. The van der Waals surface area contributed by atoms with Gasteiger partial charge in [-0.15, -0.1) is 0 Å². The van der Waals surface area contributed by atoms with E-state index in [9.17, 15) is 19.2 Å². The summed E-state index contributed by atoms with van der Waals surface area (Å²) in [6.07, 6.45) is 3.92. The zero-order valence-electron chi connectivity index (χ0n) is 36.7. The molecule has 54 heavy (non-hydrogen) atoms. The average Bonchev–Trinajstić information content (AvgIpc) is 4.01. The topological polar surface area (TPSA) is 175 Å². The minimum Gasteiger partial charge on any atom is -0.453 e. The van der Waals surface area contributed by atoms with Crippen LogP contribution in [0.3, 0.4) is 0 Å². The molecule has 6 rings (SSSR count). The highest BCUT2D eigenvalue weighted by Gasteiger charge is 2.39. The average molecular weight is 745 g/mol. The molecule has 2 fully saturated rings. The lowest BCUT2D eigenvalue weighted by atomic mass is 10.0. The Bertz CT molecular complexity index is 2000. The number of hydrogen-bond donors (Lipinski definition) is 4. The molecule has 14 nitrogen and oxygen atoms in total. The highest BCUT2D eigenvalue weighted by Crippen LogP contribution is 2.35. The van der Waals surface area contributed by atoms with Crippen LogP contribution in [0.15, 0.2) is 60.9 Å². The zero-order valence-corrected chi connectivity index (χ0v) is 30.7. The van der Waals surface area contributed by atoms with Crippen molar-refractivity contribution in [1.29, 1.82) is 0 Å². The van der Waals surface area contributed by atoms with Crippen LogP contribution in [0.1, 0.15) is 85.3 Å². The Morgan fingerprint density at radius 2 is 1.04 bits per heavy atom. The van der Waals surface area contributed by atoms with Gasteiger partial charge in [-0.2, -0.15) is 0 Å². The molecule has 2 saturated heterocycles. The third-order valence-corrected chi connectivity index (χ3v) is 10.2. The summed E-state index contributed by atoms with van der Waals surface area (Å²) < 4.78 is 52.0. The molecule has 286 valence electrons. The number of aromatic amines is 2. The van der Waals surface area contributed by atoms with Crippen molar-refractivity contribution in [2.45, 2.75) is 77.5 Å². The Balaban J connectivity index is 1.09. The van der Waals surface area contributed by atoms with E-state index in [0.717, 1.165) is 46.5 Å². The molecule has 2 aliphatic heterocycles. The number of imidazole rings is 2. The van der Waals surface area contributed by atoms with Gasteiger partial charge in [0.25, 0.3) is 0 Å². The molecular formula is C40H50N8O6. The van der Waals surface area contributed by atoms with Crippen LogP contribution in [0.2, 0.25) is 0 Å². The van der Waals surface area contributed by atoms with E-state index in [4.69, 9.17) is 8.22 Å². The Morgan fingerprint density at radius 1 is 0.667 bits per heavy atom. The lowest BCUT2D eigenvalue weighted by Crippen LogP contribution is -2.51. The number of methoxy groups -OCH3 is 2. The molecule has 4 amide bonds. The van der Waals surface area contributed by atoms with E-state index in [1.54, 1.807) is 49.9 Å². The number of nitrogens with zero attached hydrogens (tertiary/aromatic N) is 4. The number of alkyl carbamates (subject to hydrolysis) is 2. The number of likely N-dealkylation sites (tertiary alicyclic amines) is 2. The molecule has 2 aromatic carbocycles. The van der Waals surface area contributed by atoms with E-state index in [2.05, 4.69) is 40.0 Å². The van der Waals surface area contributed by atoms with E-state index in [1.165, 1.54) is 0 Å². The maximum absolute atomic E-state index is 13.6. The van der Waals surface area contributed by atoms with Crippen LogP contribution in [0.5, 0.6) is 0 Å². The summed E-state index contributed by atoms with van der Waals surface area (Å²) in [7, 11) is -5.85. The van der Waals surface area contributed by atoms with Gasteiger partial charge in [0.15, 0.2) is 0 Å². The number of rotatable bonds is 11. The van der Waals surface area contributed by atoms with Crippen LogP contribution < -0.4 is 10.6 Å². The molecule has 4 atom stereocenters. The third-order valence-electron chi connectivity index (χ3n) is 10.2. The van der Waals surface area contributed by atoms with Crippen LogP contribution in [-0.4, -0.2) is 93.0 Å². The summed E-state index contributed by atoms with van der Waals surface area (Å²) in [6.45, 7) is 7.98. The van der Waals surface area contributed by atoms with Crippen molar-refractivity contribution in [3.05, 3.63) is 72.6 Å². The fraction of sp³-hybridized carbons (Fsp3) is 0.450. The van der Waals surface area contributed by atoms with Gasteiger partial charge in [-0.1, -0.05) is 76.2 Å². The van der Waals surface area contributed by atoms with Gasteiger partial charge in [0.05, 0.1) is 58.2 Å². The zero-order chi connectivity index (χ0) is 43.5. The fourth-order valence-electron chi connectivity index (χ4n) is 7.32. The van der Waals surface area contributed by atoms with E-state index in [0.29, 0.717) is 37.6 Å². The van der Waals surface area contributed by atoms with Crippen molar-refractivity contribution in [2.24, 2.45) is 11.8 Å². The Morgan fingerprint density at radius 3 is 1.39 bits per heavy atom. The van der Waals surface area contributed by atoms with Crippen molar-refractivity contribution in [3.8, 4) is 33.6 Å². The van der Waals surface area contributed by atoms with E-state index in [-0.39, 0.29) is 35.7 Å². The van der Waals surface area contributed by atoms with Gasteiger partial charge in [-0.3, -0.25) is 9.59 Å². The van der Waals surface area contributed by atoms with Crippen LogP contribution in [-0.2, 0) is 19.1 Å². The second-order valence-electron chi connectivity index (χ2n) is 14.4. The summed E-state index contributed by atoms with van der Waals surface area (Å²) in [5.74, 6) is -0.0878. The maximum atomic E-state index is 13.6. The lowest BCUT2D eigenvalue weighted by molar-refractivity contribution is -0.136. The predicted octanol–water partition coefficient (Wildman–Crippen LogP) is 6.22. The van der Waals surface area contributed by atoms with Crippen molar-refractivity contribution in [2.75, 3.05) is 27.2 Å². The second-order valence-corrected chi connectivity index (χ2v) is 14.4. The Kier molecular flexibility index (Phi) is 9.44. The predicted molar refractivity (Wildman–Crippen MR) is 203 cm³/mol. The van der Waals surface area contributed by atoms with E-state index < -0.39 is 38.3 Å². The SMILES string of the molecule is [2H]C([2H])([2H])OC(=O)N[C@H](C(=O)N1CCC[C@H]1c1ncc(-c2ccc(-c3ccc(-c4cnc([C@@H]5CCCN5C(=O)[C@@H](NC(=O)OC([2H])([2H])[2H])C(C)C)[nH]4)cc3)cc2)[nH]1)C(C)C. The fourth-order valence-corrected chi connectivity index (χ4v) is 7.32. The molecule has 0 bridgehead atoms. The molecule has 4 aromatic rings. The van der Waals surface area contributed by atoms with Crippen molar-refractivity contribution in [1.82, 2.24) is 40.4 Å². The first-order valence-corrected chi connectivity index (χ1v) is 18.2. The smallest absolute Gasteiger partial charge is 0.407 e. The second kappa shape index (κ2) is 16.6. The number of nitrogens with one attached hydrogen (secondary N) is 4. The number of amides is 4. The molecule has 0 aliphatic carbocycles. The molecular weight excluding hydrogens is 688 g/mol. The van der Waals surface area contributed by atoms with Crippen LogP contribution >= 0.6 is 0 Å². The van der Waals surface area contributed by atoms with E-state index in [1.807, 2.05) is 48.5 Å². The number of carbonyl (C=O) groups excluding carboxylic acids is 4. The molecule has 0 saturated carbocycles. The van der Waals surface area contributed by atoms with Gasteiger partial charge in [0.2, 0.25) is 11.8 Å². The van der Waals surface area contributed by atoms with Crippen molar-refractivity contribution in [3.63, 3.8) is 0 Å². The van der Waals surface area contributed by atoms with E-state index >= 15 is 0 Å². The first-order valence-electron chi connectivity index (χ1n) is 21.2. The molecule has 2 aliphatic rings. The molecule has 0 radical (unpaired) electrons. The van der Waals surface area contributed by atoms with Crippen molar-refractivity contribution >= 4 is 24.0 Å².